The summed E-state index contributed by atoms with van der Waals surface area (Å²) in [5.41, 5.74) is 5.81. The van der Waals surface area contributed by atoms with Crippen molar-refractivity contribution in [3.05, 3.63) is 35.1 Å². The first kappa shape index (κ1) is 27.6. The van der Waals surface area contributed by atoms with E-state index in [2.05, 4.69) is 77.8 Å². The van der Waals surface area contributed by atoms with Crippen molar-refractivity contribution < 1.29 is 0 Å². The third-order valence-corrected chi connectivity index (χ3v) is 10.5. The first-order chi connectivity index (χ1) is 16.5. The molecule has 3 nitrogen and oxygen atoms in total. The maximum Gasteiger partial charge on any atom is 0.117 e. The van der Waals surface area contributed by atoms with Gasteiger partial charge in [-0.15, -0.1) is 0 Å². The number of rotatable bonds is 7. The number of nitriles is 1. The van der Waals surface area contributed by atoms with Crippen molar-refractivity contribution in [1.82, 2.24) is 0 Å². The molecule has 3 heteroatoms. The standard InChI is InChI=1S/C32H49N3/c1-9-11-12-24-15-17-31(6,18-16-24)26-14-13-25-19-27(20-26)35-29(21-28(22-33)34-8)30(4,5)32(7,10-2)23(25)3/h14,19-20,23-24H,9-13,15-18,21H2,1-8H3. The molecule has 0 aromatic rings. The Morgan fingerprint density at radius 3 is 2.40 bits per heavy atom. The largest absolute Gasteiger partial charge is 0.282 e. The average Bonchev–Trinajstić information content (AvgIpc) is 3.08. The first-order valence-corrected chi connectivity index (χ1v) is 14.1. The van der Waals surface area contributed by atoms with Crippen LogP contribution in [0.1, 0.15) is 113 Å². The van der Waals surface area contributed by atoms with Gasteiger partial charge in [-0.05, 0) is 78.9 Å². The molecule has 192 valence electrons. The lowest BCUT2D eigenvalue weighted by Crippen LogP contribution is -2.47. The van der Waals surface area contributed by atoms with Crippen LogP contribution in [0.4, 0.5) is 0 Å². The van der Waals surface area contributed by atoms with Gasteiger partial charge >= 0.3 is 0 Å². The molecule has 1 heterocycles. The third-order valence-electron chi connectivity index (χ3n) is 10.5. The second kappa shape index (κ2) is 11.0. The maximum atomic E-state index is 9.66. The van der Waals surface area contributed by atoms with Crippen LogP contribution in [0.15, 0.2) is 45.1 Å². The SMILES string of the molecule is CCCCC1CCC(C)(C2=CCC3=CC(=C2)N=C(CC(C#N)=NC)C(C)(C)C(C)(CC)C3C)CC1. The van der Waals surface area contributed by atoms with Crippen molar-refractivity contribution in [2.45, 2.75) is 113 Å². The third kappa shape index (κ3) is 5.42. The second-order valence-electron chi connectivity index (χ2n) is 12.4. The summed E-state index contributed by atoms with van der Waals surface area (Å²) >= 11 is 0. The molecule has 1 saturated carbocycles. The van der Waals surface area contributed by atoms with Crippen LogP contribution in [0, 0.1) is 39.4 Å². The monoisotopic (exact) mass is 475 g/mol. The fraction of sp³-hybridized carbons (Fsp3) is 0.719. The zero-order chi connectivity index (χ0) is 25.9. The van der Waals surface area contributed by atoms with Gasteiger partial charge in [-0.25, -0.2) is 0 Å². The molecule has 0 amide bonds. The van der Waals surface area contributed by atoms with Gasteiger partial charge in [0.1, 0.15) is 11.8 Å². The smallest absolute Gasteiger partial charge is 0.117 e. The summed E-state index contributed by atoms with van der Waals surface area (Å²) in [5, 5.41) is 9.66. The molecule has 0 N–H and O–H groups in total. The lowest BCUT2D eigenvalue weighted by Gasteiger charge is -2.50. The van der Waals surface area contributed by atoms with Crippen LogP contribution in [-0.2, 0) is 0 Å². The van der Waals surface area contributed by atoms with Crippen LogP contribution in [0.5, 0.6) is 0 Å². The van der Waals surface area contributed by atoms with Crippen LogP contribution in [0.3, 0.4) is 0 Å². The molecule has 2 atom stereocenters. The maximum absolute atomic E-state index is 9.66. The van der Waals surface area contributed by atoms with Gasteiger partial charge in [0, 0.05) is 24.6 Å². The summed E-state index contributed by atoms with van der Waals surface area (Å²) in [5.74, 6) is 1.33. The first-order valence-electron chi connectivity index (χ1n) is 14.1. The van der Waals surface area contributed by atoms with Crippen LogP contribution in [0.25, 0.3) is 0 Å². The van der Waals surface area contributed by atoms with Crippen LogP contribution < -0.4 is 0 Å². The fourth-order valence-corrected chi connectivity index (χ4v) is 6.82. The van der Waals surface area contributed by atoms with E-state index in [1.165, 1.54) is 56.1 Å². The molecule has 3 rings (SSSR count). The van der Waals surface area contributed by atoms with Crippen LogP contribution in [-0.4, -0.2) is 18.5 Å². The molecule has 3 aliphatic rings. The second-order valence-corrected chi connectivity index (χ2v) is 12.4. The molecule has 1 aliphatic heterocycles. The zero-order valence-electron chi connectivity index (χ0n) is 23.8. The molecule has 0 aromatic carbocycles. The van der Waals surface area contributed by atoms with E-state index in [1.807, 2.05) is 0 Å². The van der Waals surface area contributed by atoms with Gasteiger partial charge in [-0.1, -0.05) is 79.4 Å². The highest BCUT2D eigenvalue weighted by Crippen LogP contribution is 2.54. The number of hydrogen-bond acceptors (Lipinski definition) is 3. The quantitative estimate of drug-likeness (QED) is 0.339. The molecule has 0 spiro atoms. The summed E-state index contributed by atoms with van der Waals surface area (Å²) in [6.07, 6.45) is 19.2. The number of unbranched alkanes of at least 4 members (excludes halogenated alkanes) is 1. The van der Waals surface area contributed by atoms with E-state index in [0.29, 0.717) is 18.1 Å². The summed E-state index contributed by atoms with van der Waals surface area (Å²) in [6.45, 7) is 16.6. The zero-order valence-corrected chi connectivity index (χ0v) is 23.8. The van der Waals surface area contributed by atoms with E-state index in [-0.39, 0.29) is 16.2 Å². The minimum atomic E-state index is -0.154. The van der Waals surface area contributed by atoms with Crippen molar-refractivity contribution in [1.29, 1.82) is 5.26 Å². The van der Waals surface area contributed by atoms with Crippen molar-refractivity contribution in [2.75, 3.05) is 7.05 Å². The number of aliphatic imine (C=N–C) groups is 2. The fourth-order valence-electron chi connectivity index (χ4n) is 6.82. The van der Waals surface area contributed by atoms with E-state index >= 15 is 0 Å². The van der Waals surface area contributed by atoms with Crippen molar-refractivity contribution >= 4 is 11.4 Å². The normalized spacial score (nSPS) is 33.3. The van der Waals surface area contributed by atoms with Gasteiger partial charge < -0.3 is 0 Å². The van der Waals surface area contributed by atoms with Crippen molar-refractivity contribution in [3.8, 4) is 6.07 Å². The minimum Gasteiger partial charge on any atom is -0.282 e. The van der Waals surface area contributed by atoms with Crippen LogP contribution in [0.2, 0.25) is 0 Å². The Labute approximate surface area is 215 Å². The van der Waals surface area contributed by atoms with Gasteiger partial charge in [0.15, 0.2) is 0 Å². The Bertz CT molecular complexity index is 973. The Morgan fingerprint density at radius 2 is 1.83 bits per heavy atom. The molecule has 1 fully saturated rings. The summed E-state index contributed by atoms with van der Waals surface area (Å²) < 4.78 is 0. The van der Waals surface area contributed by atoms with Gasteiger partial charge in [-0.2, -0.15) is 5.26 Å². The van der Waals surface area contributed by atoms with E-state index in [1.54, 1.807) is 7.05 Å². The average molecular weight is 476 g/mol. The topological polar surface area (TPSA) is 48.5 Å². The number of allylic oxidation sites excluding steroid dienone is 5. The predicted molar refractivity (Wildman–Crippen MR) is 151 cm³/mol. The highest BCUT2D eigenvalue weighted by atomic mass is 14.8. The Hall–Kier alpha value is -1.95. The number of hydrogen-bond donors (Lipinski definition) is 0. The Morgan fingerprint density at radius 1 is 1.14 bits per heavy atom. The number of fused-ring (bicyclic) bond motifs is 1. The molecular formula is C32H49N3. The van der Waals surface area contributed by atoms with Gasteiger partial charge in [-0.3, -0.25) is 9.98 Å². The predicted octanol–water partition coefficient (Wildman–Crippen LogP) is 9.03. The van der Waals surface area contributed by atoms with Crippen LogP contribution >= 0.6 is 0 Å². The molecule has 0 radical (unpaired) electrons. The van der Waals surface area contributed by atoms with Gasteiger partial charge in [0.25, 0.3) is 0 Å². The Kier molecular flexibility index (Phi) is 8.67. The van der Waals surface area contributed by atoms with Gasteiger partial charge in [0.05, 0.1) is 5.70 Å². The van der Waals surface area contributed by atoms with Gasteiger partial charge in [0.2, 0.25) is 0 Å². The van der Waals surface area contributed by atoms with E-state index in [0.717, 1.165) is 30.2 Å². The summed E-state index contributed by atoms with van der Waals surface area (Å²) in [4.78, 5) is 9.61. The van der Waals surface area contributed by atoms with E-state index in [4.69, 9.17) is 4.99 Å². The molecule has 2 bridgehead atoms. The molecule has 35 heavy (non-hydrogen) atoms. The van der Waals surface area contributed by atoms with E-state index in [9.17, 15) is 5.26 Å². The van der Waals surface area contributed by atoms with E-state index < -0.39 is 0 Å². The molecule has 0 aromatic heterocycles. The lowest BCUT2D eigenvalue weighted by molar-refractivity contribution is 0.0934. The van der Waals surface area contributed by atoms with Crippen molar-refractivity contribution in [3.63, 3.8) is 0 Å². The Balaban J connectivity index is 2.04. The molecule has 0 saturated heterocycles. The van der Waals surface area contributed by atoms with Crippen molar-refractivity contribution in [2.24, 2.45) is 38.1 Å². The molecular weight excluding hydrogens is 426 g/mol. The lowest BCUT2D eigenvalue weighted by atomic mass is 9.54. The summed E-state index contributed by atoms with van der Waals surface area (Å²) in [7, 11) is 1.72. The highest BCUT2D eigenvalue weighted by Gasteiger charge is 2.48. The molecule has 2 unspecified atom stereocenters. The summed E-state index contributed by atoms with van der Waals surface area (Å²) in [6, 6.07) is 2.31. The number of nitrogens with zero attached hydrogens (tertiary/aromatic N) is 3. The molecule has 2 aliphatic carbocycles. The minimum absolute atomic E-state index is 0.0388. The highest BCUT2D eigenvalue weighted by molar-refractivity contribution is 6.13.